The molecule has 0 saturated carbocycles. The number of allylic oxidation sites excluding steroid dienone is 2. The van der Waals surface area contributed by atoms with Crippen LogP contribution in [0.4, 0.5) is 0 Å². The van der Waals surface area contributed by atoms with E-state index in [0.29, 0.717) is 17.9 Å². The molecule has 0 N–H and O–H groups in total. The molecule has 0 bridgehead atoms. The summed E-state index contributed by atoms with van der Waals surface area (Å²) in [4.78, 5) is 0. The molecule has 2 aliphatic rings. The molecule has 0 aromatic heterocycles. The van der Waals surface area contributed by atoms with Crippen molar-refractivity contribution in [1.29, 1.82) is 0 Å². The molecule has 0 aromatic carbocycles. The van der Waals surface area contributed by atoms with Crippen LogP contribution in [-0.2, 0) is 9.47 Å². The summed E-state index contributed by atoms with van der Waals surface area (Å²) in [6.45, 7) is 8.79. The van der Waals surface area contributed by atoms with Crippen molar-refractivity contribution in [3.05, 3.63) is 12.2 Å². The van der Waals surface area contributed by atoms with Gasteiger partial charge in [-0.15, -0.1) is 0 Å². The summed E-state index contributed by atoms with van der Waals surface area (Å²) < 4.78 is 12.1. The second kappa shape index (κ2) is 4.50. The van der Waals surface area contributed by atoms with Crippen molar-refractivity contribution in [3.8, 4) is 0 Å². The van der Waals surface area contributed by atoms with Crippen LogP contribution in [0.5, 0.6) is 0 Å². The highest BCUT2D eigenvalue weighted by molar-refractivity contribution is 4.95. The fourth-order valence-electron chi connectivity index (χ4n) is 2.90. The van der Waals surface area contributed by atoms with Gasteiger partial charge in [0.2, 0.25) is 0 Å². The Morgan fingerprint density at radius 1 is 1.12 bits per heavy atom. The van der Waals surface area contributed by atoms with Gasteiger partial charge in [-0.05, 0) is 39.5 Å². The van der Waals surface area contributed by atoms with Gasteiger partial charge in [0.25, 0.3) is 0 Å². The monoisotopic (exact) mass is 224 g/mol. The molecule has 4 unspecified atom stereocenters. The van der Waals surface area contributed by atoms with Crippen molar-refractivity contribution >= 4 is 0 Å². The molecule has 92 valence electrons. The number of ether oxygens (including phenoxy) is 2. The zero-order chi connectivity index (χ0) is 11.8. The third kappa shape index (κ3) is 2.67. The van der Waals surface area contributed by atoms with Gasteiger partial charge in [0.15, 0.2) is 6.29 Å². The predicted molar refractivity (Wildman–Crippen MR) is 65.1 cm³/mol. The van der Waals surface area contributed by atoms with Crippen LogP contribution in [0.3, 0.4) is 0 Å². The lowest BCUT2D eigenvalue weighted by Crippen LogP contribution is -2.47. The van der Waals surface area contributed by atoms with E-state index in [2.05, 4.69) is 39.8 Å². The molecule has 2 rings (SSSR count). The van der Waals surface area contributed by atoms with Gasteiger partial charge in [-0.3, -0.25) is 0 Å². The van der Waals surface area contributed by atoms with Crippen LogP contribution < -0.4 is 0 Å². The topological polar surface area (TPSA) is 18.5 Å². The minimum Gasteiger partial charge on any atom is -0.349 e. The summed E-state index contributed by atoms with van der Waals surface area (Å²) in [5.74, 6) is 1.18. The number of hydrogen-bond donors (Lipinski definition) is 0. The maximum Gasteiger partial charge on any atom is 0.161 e. The summed E-state index contributed by atoms with van der Waals surface area (Å²) in [7, 11) is 0. The largest absolute Gasteiger partial charge is 0.349 e. The molecule has 0 amide bonds. The lowest BCUT2D eigenvalue weighted by atomic mass is 9.83. The van der Waals surface area contributed by atoms with Crippen molar-refractivity contribution in [2.75, 3.05) is 0 Å². The van der Waals surface area contributed by atoms with E-state index in [-0.39, 0.29) is 11.9 Å². The Morgan fingerprint density at radius 3 is 2.44 bits per heavy atom. The van der Waals surface area contributed by atoms with Crippen molar-refractivity contribution in [2.45, 2.75) is 65.0 Å². The Kier molecular flexibility index (Phi) is 3.41. The molecule has 0 spiro atoms. The van der Waals surface area contributed by atoms with Crippen molar-refractivity contribution in [2.24, 2.45) is 11.8 Å². The molecular formula is C14H24O2. The Balaban J connectivity index is 2.05. The zero-order valence-electron chi connectivity index (χ0n) is 10.9. The van der Waals surface area contributed by atoms with E-state index < -0.39 is 0 Å². The highest BCUT2D eigenvalue weighted by Crippen LogP contribution is 2.37. The normalized spacial score (nSPS) is 43.2. The quantitative estimate of drug-likeness (QED) is 0.634. The standard InChI is InChI=1S/C14H24O2/c1-10-7-5-6-8-12(10)13-15-11(2)9-14(3,4)16-13/h5-6,10-13H,7-9H2,1-4H3. The predicted octanol–water partition coefficient (Wildman–Crippen LogP) is 3.52. The smallest absolute Gasteiger partial charge is 0.161 e. The highest BCUT2D eigenvalue weighted by atomic mass is 16.7. The molecule has 2 nitrogen and oxygen atoms in total. The van der Waals surface area contributed by atoms with E-state index in [4.69, 9.17) is 9.47 Å². The Bertz CT molecular complexity index is 270. The third-order valence-electron chi connectivity index (χ3n) is 3.74. The van der Waals surface area contributed by atoms with Gasteiger partial charge in [-0.1, -0.05) is 19.1 Å². The average Bonchev–Trinajstić information content (AvgIpc) is 2.15. The Labute approximate surface area is 99.0 Å². The second-order valence-corrected chi connectivity index (χ2v) is 5.98. The van der Waals surface area contributed by atoms with Crippen LogP contribution in [-0.4, -0.2) is 18.0 Å². The Morgan fingerprint density at radius 2 is 1.81 bits per heavy atom. The van der Waals surface area contributed by atoms with Crippen molar-refractivity contribution in [1.82, 2.24) is 0 Å². The van der Waals surface area contributed by atoms with Crippen LogP contribution in [0.1, 0.15) is 47.0 Å². The van der Waals surface area contributed by atoms with E-state index >= 15 is 0 Å². The first-order chi connectivity index (χ1) is 7.48. The maximum atomic E-state index is 6.10. The molecule has 2 heteroatoms. The molecule has 16 heavy (non-hydrogen) atoms. The SMILES string of the molecule is CC1CC(C)(C)OC(C2CC=CCC2C)O1. The summed E-state index contributed by atoms with van der Waals surface area (Å²) in [5, 5.41) is 0. The molecule has 1 saturated heterocycles. The summed E-state index contributed by atoms with van der Waals surface area (Å²) in [6.07, 6.45) is 8.07. The minimum absolute atomic E-state index is 0.0151. The lowest BCUT2D eigenvalue weighted by molar-refractivity contribution is -0.292. The average molecular weight is 224 g/mol. The fraction of sp³-hybridized carbons (Fsp3) is 0.857. The number of rotatable bonds is 1. The van der Waals surface area contributed by atoms with E-state index in [1.807, 2.05) is 0 Å². The van der Waals surface area contributed by atoms with Gasteiger partial charge >= 0.3 is 0 Å². The van der Waals surface area contributed by atoms with E-state index in [0.717, 1.165) is 19.3 Å². The van der Waals surface area contributed by atoms with E-state index in [1.165, 1.54) is 0 Å². The minimum atomic E-state index is -0.0385. The first kappa shape index (κ1) is 12.1. The first-order valence-corrected chi connectivity index (χ1v) is 6.46. The van der Waals surface area contributed by atoms with Gasteiger partial charge in [-0.25, -0.2) is 0 Å². The van der Waals surface area contributed by atoms with Crippen molar-refractivity contribution in [3.63, 3.8) is 0 Å². The second-order valence-electron chi connectivity index (χ2n) is 5.98. The van der Waals surface area contributed by atoms with E-state index in [1.54, 1.807) is 0 Å². The zero-order valence-corrected chi connectivity index (χ0v) is 10.9. The van der Waals surface area contributed by atoms with Gasteiger partial charge < -0.3 is 9.47 Å². The Hall–Kier alpha value is -0.340. The molecule has 4 atom stereocenters. The maximum absolute atomic E-state index is 6.10. The molecule has 1 heterocycles. The van der Waals surface area contributed by atoms with Crippen LogP contribution in [0.25, 0.3) is 0 Å². The summed E-state index contributed by atoms with van der Waals surface area (Å²) >= 11 is 0. The molecule has 0 radical (unpaired) electrons. The fourth-order valence-corrected chi connectivity index (χ4v) is 2.90. The third-order valence-corrected chi connectivity index (χ3v) is 3.74. The van der Waals surface area contributed by atoms with Gasteiger partial charge in [-0.2, -0.15) is 0 Å². The van der Waals surface area contributed by atoms with Crippen LogP contribution in [0, 0.1) is 11.8 Å². The van der Waals surface area contributed by atoms with Gasteiger partial charge in [0, 0.05) is 12.3 Å². The first-order valence-electron chi connectivity index (χ1n) is 6.46. The number of hydrogen-bond acceptors (Lipinski definition) is 2. The van der Waals surface area contributed by atoms with Gasteiger partial charge in [0.1, 0.15) is 0 Å². The van der Waals surface area contributed by atoms with E-state index in [9.17, 15) is 0 Å². The highest BCUT2D eigenvalue weighted by Gasteiger charge is 2.39. The van der Waals surface area contributed by atoms with Crippen LogP contribution >= 0.6 is 0 Å². The molecule has 1 fully saturated rings. The van der Waals surface area contributed by atoms with Crippen LogP contribution in [0.15, 0.2) is 12.2 Å². The molecule has 1 aliphatic carbocycles. The van der Waals surface area contributed by atoms with Gasteiger partial charge in [0.05, 0.1) is 11.7 Å². The molecule has 0 aromatic rings. The molecular weight excluding hydrogens is 200 g/mol. The van der Waals surface area contributed by atoms with Crippen LogP contribution in [0.2, 0.25) is 0 Å². The van der Waals surface area contributed by atoms with Crippen molar-refractivity contribution < 1.29 is 9.47 Å². The molecule has 1 aliphatic heterocycles. The summed E-state index contributed by atoms with van der Waals surface area (Å²) in [6, 6.07) is 0. The summed E-state index contributed by atoms with van der Waals surface area (Å²) in [5.41, 5.74) is -0.0385. The lowest BCUT2D eigenvalue weighted by Gasteiger charge is -2.44.